The SMILES string of the molecule is CCC(O)(CC)C1C2CC3C(OC(=O)C31)C2OC(=O)C(C)C(C)C(=O)OC(C)C(F)(F)S(=O)(=O)[O-].CCC(O)(CC)C1C2OC3C(OC(=O)C31)C2OC(=O)C(C)C(C)C(=O)OC(C)C(F)(F)S(=O)(=O)[O-].CCC(O)(CC)C1C2SC3C(OC(=O)C31)C2OC(=O)C(C)C(C)C(=O)OC(C)C(F)(F)S(=O)(=O)[O-].CCC(O)(CC)C1CC(OC(=O)C(C)C(C)C(=O)OC(C)C(F)(F)S(=O)(=O)[O-])C2CC1C(=O)O2. The van der Waals surface area contributed by atoms with Crippen molar-refractivity contribution in [3.05, 3.63) is 0 Å². The summed E-state index contributed by atoms with van der Waals surface area (Å²) < 4.78 is 306. The van der Waals surface area contributed by atoms with Gasteiger partial charge in [0, 0.05) is 41.9 Å². The molecule has 34 unspecified atom stereocenters. The van der Waals surface area contributed by atoms with Gasteiger partial charge < -0.3 is 100 Å². The molecule has 0 aromatic carbocycles. The van der Waals surface area contributed by atoms with Gasteiger partial charge in [-0.25, -0.2) is 33.7 Å². The Morgan fingerprint density at radius 2 is 0.655 bits per heavy atom. The van der Waals surface area contributed by atoms with Crippen molar-refractivity contribution in [1.29, 1.82) is 0 Å². The van der Waals surface area contributed by atoms with Crippen LogP contribution in [0.5, 0.6) is 0 Å². The highest BCUT2D eigenvalue weighted by Crippen LogP contribution is 2.65. The van der Waals surface area contributed by atoms with Crippen LogP contribution in [0.2, 0.25) is 0 Å². The maximum Gasteiger partial charge on any atom is 0.369 e. The molecule has 0 radical (unpaired) electrons. The van der Waals surface area contributed by atoms with E-state index in [4.69, 9.17) is 42.6 Å². The van der Waals surface area contributed by atoms with Gasteiger partial charge in [0.2, 0.25) is 0 Å². The van der Waals surface area contributed by atoms with Crippen LogP contribution in [0.15, 0.2) is 0 Å². The van der Waals surface area contributed by atoms with Crippen LogP contribution in [0.4, 0.5) is 35.1 Å². The standard InChI is InChI=1S/C22H32F2O10S.C21H30F2O11S.C21H30F2O10S2.C21H32F2O10S/c1-6-21(28,7-2)15-13-8-12-14(15)20(27)34-16(12)17(13)33-19(26)10(4)9(3)18(25)32-11(5)22(23,24)35(29,30)31;1-6-20(27,7-2)12-11-13-15(34-19(11)26)16(14(12)32-13)33-18(25)9(4)8(3)17(24)31-10(5)21(22,23)35(28,29)30;1-6-20(27,7-2)12-11-15-13(33-19(11)26)14(16(12)34-15)32-18(25)9(4)8(3)17(24)31-10(5)21(22,23)35(28,29)30;1-6-20(27,7-2)14-9-16(15-8-13(14)19(26)33-15)32-18(25)11(4)10(3)17(24)31-12(5)21(22,23)34(28,29)30/h9-17,28H,6-8H2,1-5H3,(H,29,30,31);2*8-16,27H,6-7H2,1-5H3,(H,28,29,30);10-16,27H,6-9H2,1-5H3,(H,28,29,30)/p-4. The molecule has 8 aliphatic heterocycles. The first-order valence-corrected chi connectivity index (χ1v) is 52.1. The fraction of sp³-hybridized carbons (Fsp3) is 0.859. The fourth-order valence-corrected chi connectivity index (χ4v) is 24.3. The van der Waals surface area contributed by atoms with Gasteiger partial charge in [0.1, 0.15) is 36.6 Å². The minimum absolute atomic E-state index is 0.168. The van der Waals surface area contributed by atoms with Crippen LogP contribution >= 0.6 is 11.8 Å². The van der Waals surface area contributed by atoms with Crippen LogP contribution in [-0.4, -0.2) is 283 Å². The van der Waals surface area contributed by atoms with Gasteiger partial charge in [-0.2, -0.15) is 35.1 Å². The smallest absolute Gasteiger partial charge is 0.369 e. The molecule has 8 heterocycles. The second kappa shape index (κ2) is 42.5. The van der Waals surface area contributed by atoms with Crippen LogP contribution in [0.1, 0.15) is 209 Å². The average Bonchev–Trinajstić information content (AvgIpc) is 1.54. The molecule has 796 valence electrons. The molecule has 3 saturated carbocycles. The lowest BCUT2D eigenvalue weighted by atomic mass is 9.67. The zero-order valence-corrected chi connectivity index (χ0v) is 83.4. The molecule has 54 heteroatoms. The van der Waals surface area contributed by atoms with Crippen LogP contribution in [0, 0.1) is 107 Å². The number of carbonyl (C=O) groups is 12. The van der Waals surface area contributed by atoms with E-state index >= 15 is 0 Å². The highest BCUT2D eigenvalue weighted by atomic mass is 32.2. The second-order valence-corrected chi connectivity index (χ2v) is 45.0. The van der Waals surface area contributed by atoms with Crippen molar-refractivity contribution in [2.75, 3.05) is 0 Å². The van der Waals surface area contributed by atoms with Crippen molar-refractivity contribution in [2.24, 2.45) is 107 Å². The highest BCUT2D eigenvalue weighted by Gasteiger charge is 2.76. The first kappa shape index (κ1) is 117. The Balaban J connectivity index is 0.000000227. The Kier molecular flexibility index (Phi) is 35.8. The molecule has 139 heavy (non-hydrogen) atoms. The minimum atomic E-state index is -6.09. The predicted molar refractivity (Wildman–Crippen MR) is 448 cm³/mol. The number of esters is 12. The zero-order valence-electron chi connectivity index (χ0n) is 79.4. The van der Waals surface area contributed by atoms with E-state index in [2.05, 4.69) is 18.9 Å². The Hall–Kier alpha value is -7.13. The molecule has 11 aliphatic rings. The largest absolute Gasteiger partial charge is 0.743 e. The average molecular weight is 2110 g/mol. The lowest BCUT2D eigenvalue weighted by Gasteiger charge is -2.41. The number of carbonyl (C=O) groups excluding carboxylic acids is 12. The monoisotopic (exact) mass is 2110 g/mol. The van der Waals surface area contributed by atoms with Crippen molar-refractivity contribution < 1.29 is 227 Å². The molecule has 8 bridgehead atoms. The lowest BCUT2D eigenvalue weighted by molar-refractivity contribution is -0.177. The third-order valence-electron chi connectivity index (χ3n) is 30.6. The number of hydrogen-bond donors (Lipinski definition) is 4. The van der Waals surface area contributed by atoms with E-state index in [-0.39, 0.29) is 29.9 Å². The summed E-state index contributed by atoms with van der Waals surface area (Å²) in [6, 6.07) is 0. The summed E-state index contributed by atoms with van der Waals surface area (Å²) in [5, 5.41) is 24.3. The van der Waals surface area contributed by atoms with Crippen LogP contribution in [0.3, 0.4) is 0 Å². The lowest BCUT2D eigenvalue weighted by Crippen LogP contribution is -2.54. The molecule has 0 aromatic heterocycles. The summed E-state index contributed by atoms with van der Waals surface area (Å²) >= 11 is 1.43. The molecule has 34 atom stereocenters. The van der Waals surface area contributed by atoms with E-state index in [1.54, 1.807) is 41.5 Å². The first-order chi connectivity index (χ1) is 63.5. The van der Waals surface area contributed by atoms with Crippen LogP contribution in [0.25, 0.3) is 0 Å². The minimum Gasteiger partial charge on any atom is -0.743 e. The molecule has 11 fully saturated rings. The quantitative estimate of drug-likeness (QED) is 0.0254. The van der Waals surface area contributed by atoms with Gasteiger partial charge in [-0.1, -0.05) is 111 Å². The molecule has 0 aromatic rings. The number of rotatable bonds is 40. The van der Waals surface area contributed by atoms with E-state index < -0.39 is 341 Å². The van der Waals surface area contributed by atoms with E-state index in [9.17, 15) is 165 Å². The van der Waals surface area contributed by atoms with Gasteiger partial charge in [0.25, 0.3) is 0 Å². The Morgan fingerprint density at radius 1 is 0.345 bits per heavy atom. The summed E-state index contributed by atoms with van der Waals surface area (Å²) in [5.74, 6) is -25.7. The third kappa shape index (κ3) is 22.2. The van der Waals surface area contributed by atoms with Gasteiger partial charge in [-0.15, -0.1) is 11.8 Å². The van der Waals surface area contributed by atoms with Gasteiger partial charge >= 0.3 is 92.6 Å². The van der Waals surface area contributed by atoms with Crippen LogP contribution < -0.4 is 0 Å². The van der Waals surface area contributed by atoms with Gasteiger partial charge in [-0.05, 0) is 91.9 Å². The zero-order chi connectivity index (χ0) is 106. The Bertz CT molecular complexity index is 4700. The summed E-state index contributed by atoms with van der Waals surface area (Å²) in [4.78, 5) is 150. The van der Waals surface area contributed by atoms with E-state index in [1.807, 2.05) is 13.8 Å². The third-order valence-corrected chi connectivity index (χ3v) is 36.4. The molecule has 0 spiro atoms. The fourth-order valence-electron chi connectivity index (χ4n) is 20.3. The van der Waals surface area contributed by atoms with Gasteiger partial charge in [-0.3, -0.25) is 57.5 Å². The molecular formula is C85H120F8O41S5-4. The molecule has 11 rings (SSSR count). The normalized spacial score (nSPS) is 31.5. The first-order valence-electron chi connectivity index (χ1n) is 45.5. The van der Waals surface area contributed by atoms with Gasteiger partial charge in [0.15, 0.2) is 89.3 Å². The summed E-state index contributed by atoms with van der Waals surface area (Å²) in [6.45, 7) is 26.5. The van der Waals surface area contributed by atoms with Crippen LogP contribution in [-0.2, 0) is 160 Å². The van der Waals surface area contributed by atoms with E-state index in [0.29, 0.717) is 85.5 Å². The Morgan fingerprint density at radius 3 is 1.02 bits per heavy atom. The van der Waals surface area contributed by atoms with Crippen molar-refractivity contribution in [2.45, 2.75) is 348 Å². The Labute approximate surface area is 801 Å². The molecule has 0 amide bonds. The molecule has 4 N–H and O–H groups in total. The summed E-state index contributed by atoms with van der Waals surface area (Å²) in [7, 11) is -24.3. The molecular weight excluding hydrogens is 1990 g/mol. The van der Waals surface area contributed by atoms with E-state index in [0.717, 1.165) is 0 Å². The number of thioether (sulfide) groups is 1. The maximum absolute atomic E-state index is 13.6. The number of fused-ring (bicyclic) bond motifs is 5. The number of alkyl halides is 8. The highest BCUT2D eigenvalue weighted by molar-refractivity contribution is 8.01. The summed E-state index contributed by atoms with van der Waals surface area (Å²) in [5.41, 5.74) is -4.73. The number of halogens is 8. The van der Waals surface area contributed by atoms with Crippen molar-refractivity contribution in [3.63, 3.8) is 0 Å². The number of ether oxygens (including phenoxy) is 13. The number of hydrogen-bond acceptors (Lipinski definition) is 42. The van der Waals surface area contributed by atoms with Crippen molar-refractivity contribution in [1.82, 2.24) is 0 Å². The molecule has 3 aliphatic carbocycles. The van der Waals surface area contributed by atoms with Gasteiger partial charge in [0.05, 0.1) is 104 Å². The number of aliphatic hydroxyl groups is 4. The molecule has 8 saturated heterocycles. The van der Waals surface area contributed by atoms with E-state index in [1.165, 1.54) is 67.2 Å². The summed E-state index contributed by atoms with van der Waals surface area (Å²) in [6.07, 6.45) is -14.4. The molecule has 41 nitrogen and oxygen atoms in total. The maximum atomic E-state index is 13.6. The predicted octanol–water partition coefficient (Wildman–Crippen LogP) is 5.52. The second-order valence-electron chi connectivity index (χ2n) is 37.8. The van der Waals surface area contributed by atoms with Crippen molar-refractivity contribution in [3.8, 4) is 0 Å². The topological polar surface area (TPSA) is 635 Å². The van der Waals surface area contributed by atoms with Crippen molar-refractivity contribution >= 4 is 124 Å².